The zero-order valence-electron chi connectivity index (χ0n) is 15.1. The number of amides is 1. The summed E-state index contributed by atoms with van der Waals surface area (Å²) >= 11 is 0. The van der Waals surface area contributed by atoms with Crippen LogP contribution in [0.1, 0.15) is 29.7 Å². The van der Waals surface area contributed by atoms with Crippen LogP contribution >= 0.6 is 0 Å². The highest BCUT2D eigenvalue weighted by Crippen LogP contribution is 2.29. The summed E-state index contributed by atoms with van der Waals surface area (Å²) < 4.78 is 7.26. The van der Waals surface area contributed by atoms with Crippen LogP contribution in [0.3, 0.4) is 0 Å². The normalized spacial score (nSPS) is 21.0. The van der Waals surface area contributed by atoms with Crippen LogP contribution in [-0.4, -0.2) is 52.1 Å². The number of likely N-dealkylation sites (tertiary alicyclic amines) is 1. The van der Waals surface area contributed by atoms with Crippen molar-refractivity contribution in [1.82, 2.24) is 19.9 Å². The van der Waals surface area contributed by atoms with Gasteiger partial charge in [-0.1, -0.05) is 29.5 Å². The average molecular weight is 340 g/mol. The molecule has 25 heavy (non-hydrogen) atoms. The largest absolute Gasteiger partial charge is 0.379 e. The summed E-state index contributed by atoms with van der Waals surface area (Å²) in [4.78, 5) is 14.6. The number of benzene rings is 1. The van der Waals surface area contributed by atoms with E-state index in [1.807, 2.05) is 43.3 Å². The molecule has 0 spiro atoms. The number of nitrogens with zero attached hydrogens (tertiary/aromatic N) is 4. The second-order valence-corrected chi connectivity index (χ2v) is 6.58. The Morgan fingerprint density at radius 2 is 2.08 bits per heavy atom. The van der Waals surface area contributed by atoms with Crippen LogP contribution in [0, 0.1) is 6.92 Å². The van der Waals surface area contributed by atoms with E-state index in [4.69, 9.17) is 4.74 Å². The topological polar surface area (TPSA) is 60.2 Å². The van der Waals surface area contributed by atoms with Gasteiger partial charge in [0.1, 0.15) is 0 Å². The molecular formula is C19H24N4O2. The van der Waals surface area contributed by atoms with Crippen molar-refractivity contribution in [3.63, 3.8) is 0 Å². The first-order valence-electron chi connectivity index (χ1n) is 8.42. The van der Waals surface area contributed by atoms with Crippen molar-refractivity contribution in [2.45, 2.75) is 25.9 Å². The second kappa shape index (κ2) is 7.19. The number of ether oxygens (including phenoxy) is 1. The predicted octanol–water partition coefficient (Wildman–Crippen LogP) is 2.17. The Bertz CT molecular complexity index is 796. The molecule has 0 radical (unpaired) electrons. The van der Waals surface area contributed by atoms with Gasteiger partial charge in [-0.3, -0.25) is 9.48 Å². The summed E-state index contributed by atoms with van der Waals surface area (Å²) in [5.74, 6) is 0.0593. The molecule has 3 rings (SSSR count). The summed E-state index contributed by atoms with van der Waals surface area (Å²) in [5, 5.41) is 8.18. The van der Waals surface area contributed by atoms with Crippen LogP contribution in [0.4, 0.5) is 0 Å². The van der Waals surface area contributed by atoms with E-state index >= 15 is 0 Å². The number of methoxy groups -OCH3 is 1. The van der Waals surface area contributed by atoms with Gasteiger partial charge in [0, 0.05) is 39.5 Å². The third-order valence-corrected chi connectivity index (χ3v) is 4.79. The fourth-order valence-electron chi connectivity index (χ4n) is 3.38. The van der Waals surface area contributed by atoms with Crippen LogP contribution in [0.5, 0.6) is 0 Å². The third kappa shape index (κ3) is 3.64. The van der Waals surface area contributed by atoms with E-state index in [0.717, 1.165) is 22.4 Å². The molecule has 132 valence electrons. The van der Waals surface area contributed by atoms with Gasteiger partial charge in [0.2, 0.25) is 5.91 Å². The van der Waals surface area contributed by atoms with E-state index in [9.17, 15) is 4.79 Å². The molecule has 1 amide bonds. The van der Waals surface area contributed by atoms with Gasteiger partial charge in [0.05, 0.1) is 17.7 Å². The molecule has 2 heterocycles. The van der Waals surface area contributed by atoms with E-state index in [1.54, 1.807) is 17.9 Å². The number of allylic oxidation sites excluding steroid dienone is 1. The summed E-state index contributed by atoms with van der Waals surface area (Å²) in [6.45, 7) is 5.18. The lowest BCUT2D eigenvalue weighted by molar-refractivity contribution is -0.125. The van der Waals surface area contributed by atoms with Crippen LogP contribution in [0.15, 0.2) is 36.5 Å². The van der Waals surface area contributed by atoms with Crippen molar-refractivity contribution in [2.75, 3.05) is 20.2 Å². The van der Waals surface area contributed by atoms with E-state index in [-0.39, 0.29) is 17.9 Å². The van der Waals surface area contributed by atoms with Gasteiger partial charge in [0.25, 0.3) is 0 Å². The van der Waals surface area contributed by atoms with Crippen molar-refractivity contribution in [2.24, 2.45) is 7.05 Å². The van der Waals surface area contributed by atoms with Gasteiger partial charge < -0.3 is 9.64 Å². The number of rotatable bonds is 4. The fourth-order valence-corrected chi connectivity index (χ4v) is 3.38. The Morgan fingerprint density at radius 3 is 2.72 bits per heavy atom. The molecule has 6 heteroatoms. The molecule has 0 bridgehead atoms. The Balaban J connectivity index is 1.77. The lowest BCUT2D eigenvalue weighted by Crippen LogP contribution is -2.28. The molecule has 1 aromatic carbocycles. The quantitative estimate of drug-likeness (QED) is 0.801. The van der Waals surface area contributed by atoms with Gasteiger partial charge in [-0.05, 0) is 30.5 Å². The third-order valence-electron chi connectivity index (χ3n) is 4.79. The van der Waals surface area contributed by atoms with Gasteiger partial charge in [-0.2, -0.15) is 0 Å². The van der Waals surface area contributed by atoms with Gasteiger partial charge in [-0.25, -0.2) is 0 Å². The first-order chi connectivity index (χ1) is 12.0. The van der Waals surface area contributed by atoms with Crippen LogP contribution in [-0.2, 0) is 16.6 Å². The zero-order valence-corrected chi connectivity index (χ0v) is 15.1. The minimum Gasteiger partial charge on any atom is -0.379 e. The van der Waals surface area contributed by atoms with Gasteiger partial charge >= 0.3 is 0 Å². The first-order valence-corrected chi connectivity index (χ1v) is 8.42. The number of aromatic nitrogens is 3. The molecular weight excluding hydrogens is 316 g/mol. The van der Waals surface area contributed by atoms with E-state index in [2.05, 4.69) is 23.3 Å². The minimum absolute atomic E-state index is 0.00851. The summed E-state index contributed by atoms with van der Waals surface area (Å²) in [5.41, 5.74) is 4.10. The second-order valence-electron chi connectivity index (χ2n) is 6.58. The molecule has 0 aliphatic carbocycles. The van der Waals surface area contributed by atoms with Crippen LogP contribution in [0.25, 0.3) is 5.57 Å². The van der Waals surface area contributed by atoms with Crippen molar-refractivity contribution in [3.05, 3.63) is 53.4 Å². The molecule has 0 N–H and O–H groups in total. The molecule has 1 aliphatic heterocycles. The zero-order chi connectivity index (χ0) is 18.0. The molecule has 2 aromatic rings. The van der Waals surface area contributed by atoms with Crippen molar-refractivity contribution >= 4 is 11.5 Å². The Kier molecular flexibility index (Phi) is 4.99. The van der Waals surface area contributed by atoms with Crippen molar-refractivity contribution in [1.29, 1.82) is 0 Å². The lowest BCUT2D eigenvalue weighted by atomic mass is 10.0. The fraction of sp³-hybridized carbons (Fsp3) is 0.421. The van der Waals surface area contributed by atoms with Gasteiger partial charge in [-0.15, -0.1) is 5.10 Å². The molecule has 0 saturated carbocycles. The van der Waals surface area contributed by atoms with Crippen molar-refractivity contribution < 1.29 is 9.53 Å². The number of aryl methyl sites for hydroxylation is 2. The summed E-state index contributed by atoms with van der Waals surface area (Å²) in [7, 11) is 3.51. The predicted molar refractivity (Wildman–Crippen MR) is 96.0 cm³/mol. The molecule has 1 aromatic heterocycles. The first kappa shape index (κ1) is 17.4. The molecule has 1 saturated heterocycles. The lowest BCUT2D eigenvalue weighted by Gasteiger charge is -2.14. The van der Waals surface area contributed by atoms with Crippen molar-refractivity contribution in [3.8, 4) is 0 Å². The highest BCUT2D eigenvalue weighted by atomic mass is 16.5. The molecule has 1 aliphatic rings. The maximum absolute atomic E-state index is 12.7. The Morgan fingerprint density at radius 1 is 1.32 bits per heavy atom. The average Bonchev–Trinajstić information content (AvgIpc) is 3.20. The Labute approximate surface area is 148 Å². The SMILES string of the molecule is CO[C@@H]1CN(C(=O)/C=C(\C)c2ccccc2C)C[C@H]1c1cn(C)nn1. The summed E-state index contributed by atoms with van der Waals surface area (Å²) in [6.07, 6.45) is 3.54. The highest BCUT2D eigenvalue weighted by Gasteiger charge is 2.37. The maximum Gasteiger partial charge on any atom is 0.246 e. The highest BCUT2D eigenvalue weighted by molar-refractivity contribution is 5.95. The number of carbonyl (C=O) groups is 1. The van der Waals surface area contributed by atoms with Crippen LogP contribution < -0.4 is 0 Å². The van der Waals surface area contributed by atoms with E-state index in [1.165, 1.54) is 0 Å². The minimum atomic E-state index is -0.0622. The number of carbonyl (C=O) groups excluding carboxylic acids is 1. The standard InChI is InChI=1S/C19H24N4O2/c1-13-7-5-6-8-15(13)14(2)9-19(24)23-10-16(18(12-23)25-4)17-11-22(3)21-20-17/h5-9,11,16,18H,10,12H2,1-4H3/b14-9+/t16-,18+/m0/s1. The Hall–Kier alpha value is -2.47. The smallest absolute Gasteiger partial charge is 0.246 e. The summed E-state index contributed by atoms with van der Waals surface area (Å²) in [6, 6.07) is 8.09. The monoisotopic (exact) mass is 340 g/mol. The maximum atomic E-state index is 12.7. The molecule has 2 atom stereocenters. The van der Waals surface area contributed by atoms with Crippen LogP contribution in [0.2, 0.25) is 0 Å². The van der Waals surface area contributed by atoms with Gasteiger partial charge in [0.15, 0.2) is 0 Å². The number of hydrogen-bond acceptors (Lipinski definition) is 4. The molecule has 1 fully saturated rings. The van der Waals surface area contributed by atoms with E-state index in [0.29, 0.717) is 13.1 Å². The molecule has 0 unspecified atom stereocenters. The molecule has 6 nitrogen and oxygen atoms in total. The number of hydrogen-bond donors (Lipinski definition) is 0. The van der Waals surface area contributed by atoms with E-state index < -0.39 is 0 Å².